The molecule has 0 bridgehead atoms. The Hall–Kier alpha value is -1.08. The first-order valence-electron chi connectivity index (χ1n) is 3.42. The lowest BCUT2D eigenvalue weighted by molar-refractivity contribution is -0.123. The Kier molecular flexibility index (Phi) is 4.23. The fraction of sp³-hybridized carbons (Fsp3) is 0.714. The van der Waals surface area contributed by atoms with Gasteiger partial charge in [0.05, 0.1) is 12.7 Å². The van der Waals surface area contributed by atoms with Crippen LogP contribution in [0.2, 0.25) is 0 Å². The smallest absolute Gasteiger partial charge is 0.237 e. The zero-order valence-electron chi connectivity index (χ0n) is 6.66. The highest BCUT2D eigenvalue weighted by molar-refractivity contribution is 5.80. The average Bonchev–Trinajstić information content (AvgIpc) is 2.02. The average molecular weight is 156 g/mol. The lowest BCUT2D eigenvalue weighted by Crippen LogP contribution is -2.37. The molecule has 0 aliphatic rings. The molecule has 0 aliphatic carbocycles. The molecule has 2 N–H and O–H groups in total. The van der Waals surface area contributed by atoms with E-state index in [1.807, 2.05) is 0 Å². The summed E-state index contributed by atoms with van der Waals surface area (Å²) in [4.78, 5) is 10.9. The molecule has 0 radical (unpaired) electrons. The summed E-state index contributed by atoms with van der Waals surface area (Å²) >= 11 is 0. The van der Waals surface area contributed by atoms with E-state index >= 15 is 0 Å². The Bertz CT molecular complexity index is 174. The first-order chi connectivity index (χ1) is 5.11. The van der Waals surface area contributed by atoms with Crippen LogP contribution in [0.25, 0.3) is 0 Å². The quantitative estimate of drug-likeness (QED) is 0.586. The topological polar surface area (TPSA) is 73.1 Å². The van der Waals surface area contributed by atoms with Gasteiger partial charge in [0.15, 0.2) is 0 Å². The van der Waals surface area contributed by atoms with E-state index in [1.54, 1.807) is 13.0 Å². The van der Waals surface area contributed by atoms with Gasteiger partial charge < -0.3 is 10.4 Å². The highest BCUT2D eigenvalue weighted by atomic mass is 16.3. The van der Waals surface area contributed by atoms with Crippen LogP contribution in [0.5, 0.6) is 0 Å². The van der Waals surface area contributed by atoms with Gasteiger partial charge in [-0.2, -0.15) is 5.26 Å². The van der Waals surface area contributed by atoms with Gasteiger partial charge in [0.1, 0.15) is 5.92 Å². The normalized spacial score (nSPS) is 14.7. The summed E-state index contributed by atoms with van der Waals surface area (Å²) in [5, 5.41) is 19.3. The molecule has 62 valence electrons. The van der Waals surface area contributed by atoms with Crippen molar-refractivity contribution in [2.24, 2.45) is 5.92 Å². The molecule has 0 aromatic heterocycles. The Morgan fingerprint density at radius 1 is 1.73 bits per heavy atom. The van der Waals surface area contributed by atoms with Crippen LogP contribution in [0.3, 0.4) is 0 Å². The third kappa shape index (κ3) is 3.58. The Morgan fingerprint density at radius 2 is 2.27 bits per heavy atom. The molecule has 0 rings (SSSR count). The Balaban J connectivity index is 3.80. The third-order valence-electron chi connectivity index (χ3n) is 1.25. The summed E-state index contributed by atoms with van der Waals surface area (Å²) in [5.74, 6) is -0.988. The van der Waals surface area contributed by atoms with E-state index in [9.17, 15) is 4.79 Å². The molecule has 1 unspecified atom stereocenters. The van der Waals surface area contributed by atoms with E-state index in [0.29, 0.717) is 0 Å². The van der Waals surface area contributed by atoms with Crippen molar-refractivity contribution < 1.29 is 9.90 Å². The second kappa shape index (κ2) is 4.69. The number of nitriles is 1. The lowest BCUT2D eigenvalue weighted by Gasteiger charge is -2.10. The first kappa shape index (κ1) is 9.92. The molecule has 0 saturated heterocycles. The molecule has 0 aliphatic heterocycles. The maximum absolute atomic E-state index is 10.9. The molecule has 0 saturated carbocycles. The number of aliphatic hydroxyl groups excluding tert-OH is 1. The molecule has 0 aromatic carbocycles. The van der Waals surface area contributed by atoms with Crippen molar-refractivity contribution in [1.82, 2.24) is 5.32 Å². The van der Waals surface area contributed by atoms with Gasteiger partial charge in [-0.05, 0) is 13.8 Å². The highest BCUT2D eigenvalue weighted by Gasteiger charge is 2.12. The number of carbonyl (C=O) groups excluding carboxylic acids is 1. The molecule has 2 atom stereocenters. The Labute approximate surface area is 65.8 Å². The SMILES string of the molecule is CC(C#N)C(=O)N[C@H](C)CO. The summed E-state index contributed by atoms with van der Waals surface area (Å²) in [6, 6.07) is 1.52. The van der Waals surface area contributed by atoms with Gasteiger partial charge in [-0.25, -0.2) is 0 Å². The minimum atomic E-state index is -0.649. The monoisotopic (exact) mass is 156 g/mol. The number of amides is 1. The number of nitrogens with one attached hydrogen (secondary N) is 1. The molecule has 4 nitrogen and oxygen atoms in total. The molecule has 0 spiro atoms. The fourth-order valence-electron chi connectivity index (χ4n) is 0.472. The molecular weight excluding hydrogens is 144 g/mol. The lowest BCUT2D eigenvalue weighted by atomic mass is 10.2. The van der Waals surface area contributed by atoms with Crippen LogP contribution in [0, 0.1) is 17.2 Å². The van der Waals surface area contributed by atoms with E-state index < -0.39 is 5.92 Å². The van der Waals surface area contributed by atoms with E-state index in [1.165, 1.54) is 6.92 Å². The number of hydrogen-bond acceptors (Lipinski definition) is 3. The summed E-state index contributed by atoms with van der Waals surface area (Å²) in [7, 11) is 0. The van der Waals surface area contributed by atoms with Gasteiger partial charge in [-0.1, -0.05) is 0 Å². The van der Waals surface area contributed by atoms with Crippen molar-refractivity contribution in [3.05, 3.63) is 0 Å². The van der Waals surface area contributed by atoms with Gasteiger partial charge in [0, 0.05) is 6.04 Å². The van der Waals surface area contributed by atoms with Gasteiger partial charge in [0.25, 0.3) is 0 Å². The van der Waals surface area contributed by atoms with E-state index in [4.69, 9.17) is 10.4 Å². The summed E-state index contributed by atoms with van der Waals surface area (Å²) < 4.78 is 0. The number of hydrogen-bond donors (Lipinski definition) is 2. The van der Waals surface area contributed by atoms with Gasteiger partial charge >= 0.3 is 0 Å². The van der Waals surface area contributed by atoms with Crippen molar-refractivity contribution in [3.63, 3.8) is 0 Å². The summed E-state index contributed by atoms with van der Waals surface area (Å²) in [6.07, 6.45) is 0. The predicted molar refractivity (Wildman–Crippen MR) is 39.5 cm³/mol. The summed E-state index contributed by atoms with van der Waals surface area (Å²) in [5.41, 5.74) is 0. The van der Waals surface area contributed by atoms with Crippen molar-refractivity contribution in [2.45, 2.75) is 19.9 Å². The van der Waals surface area contributed by atoms with Crippen LogP contribution in [0.4, 0.5) is 0 Å². The fourth-order valence-corrected chi connectivity index (χ4v) is 0.472. The van der Waals surface area contributed by atoms with Crippen LogP contribution in [0.15, 0.2) is 0 Å². The van der Waals surface area contributed by atoms with E-state index in [-0.39, 0.29) is 18.6 Å². The number of aliphatic hydroxyl groups is 1. The van der Waals surface area contributed by atoms with E-state index in [0.717, 1.165) is 0 Å². The number of nitrogens with zero attached hydrogens (tertiary/aromatic N) is 1. The van der Waals surface area contributed by atoms with Crippen molar-refractivity contribution in [3.8, 4) is 6.07 Å². The molecule has 4 heteroatoms. The van der Waals surface area contributed by atoms with Crippen LogP contribution < -0.4 is 5.32 Å². The van der Waals surface area contributed by atoms with Crippen molar-refractivity contribution >= 4 is 5.91 Å². The highest BCUT2D eigenvalue weighted by Crippen LogP contribution is 1.92. The standard InChI is InChI=1S/C7H12N2O2/c1-5(3-8)7(11)9-6(2)4-10/h5-6,10H,4H2,1-2H3,(H,9,11)/t5?,6-/m1/s1. The van der Waals surface area contributed by atoms with Gasteiger partial charge in [-0.3, -0.25) is 4.79 Å². The molecule has 0 fully saturated rings. The molecule has 0 aromatic rings. The first-order valence-corrected chi connectivity index (χ1v) is 3.42. The van der Waals surface area contributed by atoms with Crippen LogP contribution in [0.1, 0.15) is 13.8 Å². The Morgan fingerprint density at radius 3 is 2.64 bits per heavy atom. The zero-order chi connectivity index (χ0) is 8.85. The van der Waals surface area contributed by atoms with Crippen LogP contribution >= 0.6 is 0 Å². The van der Waals surface area contributed by atoms with Crippen molar-refractivity contribution in [1.29, 1.82) is 5.26 Å². The maximum atomic E-state index is 10.9. The van der Waals surface area contributed by atoms with Crippen LogP contribution in [-0.2, 0) is 4.79 Å². The molecule has 11 heavy (non-hydrogen) atoms. The van der Waals surface area contributed by atoms with Gasteiger partial charge in [-0.15, -0.1) is 0 Å². The van der Waals surface area contributed by atoms with Crippen molar-refractivity contribution in [2.75, 3.05) is 6.61 Å². The molecule has 0 heterocycles. The van der Waals surface area contributed by atoms with E-state index in [2.05, 4.69) is 5.32 Å². The van der Waals surface area contributed by atoms with Gasteiger partial charge in [0.2, 0.25) is 5.91 Å². The number of rotatable bonds is 3. The predicted octanol–water partition coefficient (Wildman–Crippen LogP) is -0.357. The zero-order valence-corrected chi connectivity index (χ0v) is 6.66. The maximum Gasteiger partial charge on any atom is 0.237 e. The minimum absolute atomic E-state index is 0.107. The molecular formula is C7H12N2O2. The number of carbonyl (C=O) groups is 1. The molecule has 1 amide bonds. The second-order valence-electron chi connectivity index (χ2n) is 2.44. The minimum Gasteiger partial charge on any atom is -0.394 e. The largest absolute Gasteiger partial charge is 0.394 e. The van der Waals surface area contributed by atoms with Crippen LogP contribution in [-0.4, -0.2) is 23.7 Å². The second-order valence-corrected chi connectivity index (χ2v) is 2.44. The third-order valence-corrected chi connectivity index (χ3v) is 1.25. The summed E-state index contributed by atoms with van der Waals surface area (Å²) in [6.45, 7) is 3.07.